The van der Waals surface area contributed by atoms with Crippen molar-refractivity contribution in [3.05, 3.63) is 30.3 Å². The van der Waals surface area contributed by atoms with Gasteiger partial charge < -0.3 is 4.90 Å². The van der Waals surface area contributed by atoms with Gasteiger partial charge in [-0.05, 0) is 52.7 Å². The molecule has 1 aliphatic heterocycles. The van der Waals surface area contributed by atoms with Crippen LogP contribution in [0.25, 0.3) is 0 Å². The molecule has 1 unspecified atom stereocenters. The Labute approximate surface area is 145 Å². The van der Waals surface area contributed by atoms with Crippen LogP contribution < -0.4 is 0 Å². The average Bonchev–Trinajstić information content (AvgIpc) is 2.55. The average molecular weight is 353 g/mol. The Hall–Kier alpha value is -1.40. The lowest BCUT2D eigenvalue weighted by molar-refractivity contribution is -0.140. The van der Waals surface area contributed by atoms with Crippen LogP contribution in [0.1, 0.15) is 40.5 Å². The van der Waals surface area contributed by atoms with Gasteiger partial charge in [-0.25, -0.2) is 8.42 Å². The molecule has 1 amide bonds. The number of carbonyl (C=O) groups excluding carboxylic acids is 1. The molecule has 1 aromatic carbocycles. The third kappa shape index (κ3) is 3.98. The first kappa shape index (κ1) is 18.9. The van der Waals surface area contributed by atoms with E-state index in [2.05, 4.69) is 0 Å². The number of carbonyl (C=O) groups is 1. The van der Waals surface area contributed by atoms with Crippen molar-refractivity contribution in [2.45, 2.75) is 57.5 Å². The number of benzene rings is 1. The third-order valence-corrected chi connectivity index (χ3v) is 6.36. The van der Waals surface area contributed by atoms with Crippen molar-refractivity contribution in [1.82, 2.24) is 9.21 Å². The zero-order valence-corrected chi connectivity index (χ0v) is 15.8. The Morgan fingerprint density at radius 2 is 1.71 bits per heavy atom. The summed E-state index contributed by atoms with van der Waals surface area (Å²) in [6.45, 7) is 8.74. The standard InChI is InChI=1S/C18H28N2O3S/c1-14(2)20(15(3)4)18(21)16-9-8-12-19(13-16)24(22,23)17-10-6-5-7-11-17/h5-7,10-11,14-16H,8-9,12-13H2,1-4H3. The molecular weight excluding hydrogens is 324 g/mol. The molecular formula is C18H28N2O3S. The molecule has 2 rings (SSSR count). The Morgan fingerprint density at radius 3 is 2.25 bits per heavy atom. The molecule has 1 saturated heterocycles. The smallest absolute Gasteiger partial charge is 0.243 e. The minimum absolute atomic E-state index is 0.0629. The minimum Gasteiger partial charge on any atom is -0.338 e. The van der Waals surface area contributed by atoms with E-state index in [-0.39, 0.29) is 30.5 Å². The minimum atomic E-state index is -3.53. The monoisotopic (exact) mass is 352 g/mol. The van der Waals surface area contributed by atoms with E-state index in [1.54, 1.807) is 30.3 Å². The van der Waals surface area contributed by atoms with Gasteiger partial charge in [0, 0.05) is 25.2 Å². The van der Waals surface area contributed by atoms with Gasteiger partial charge in [-0.15, -0.1) is 0 Å². The second-order valence-electron chi connectivity index (χ2n) is 6.95. The quantitative estimate of drug-likeness (QED) is 0.819. The predicted molar refractivity (Wildman–Crippen MR) is 95.0 cm³/mol. The largest absolute Gasteiger partial charge is 0.338 e. The van der Waals surface area contributed by atoms with Crippen LogP contribution in [0.15, 0.2) is 35.2 Å². The number of rotatable bonds is 5. The van der Waals surface area contributed by atoms with Gasteiger partial charge in [0.05, 0.1) is 10.8 Å². The third-order valence-electron chi connectivity index (χ3n) is 4.48. The fourth-order valence-corrected chi connectivity index (χ4v) is 4.96. The molecule has 6 heteroatoms. The molecule has 134 valence electrons. The number of hydrogen-bond acceptors (Lipinski definition) is 3. The molecule has 5 nitrogen and oxygen atoms in total. The Kier molecular flexibility index (Phi) is 6.04. The molecule has 0 radical (unpaired) electrons. The summed E-state index contributed by atoms with van der Waals surface area (Å²) in [7, 11) is -3.53. The predicted octanol–water partition coefficient (Wildman–Crippen LogP) is 2.73. The molecule has 1 fully saturated rings. The maximum Gasteiger partial charge on any atom is 0.243 e. The van der Waals surface area contributed by atoms with Gasteiger partial charge in [-0.3, -0.25) is 4.79 Å². The van der Waals surface area contributed by atoms with Crippen molar-refractivity contribution < 1.29 is 13.2 Å². The number of piperidine rings is 1. The SMILES string of the molecule is CC(C)N(C(=O)C1CCCN(S(=O)(=O)c2ccccc2)C1)C(C)C. The first-order valence-corrected chi connectivity index (χ1v) is 10.1. The summed E-state index contributed by atoms with van der Waals surface area (Å²) in [6, 6.07) is 8.67. The molecule has 1 aromatic rings. The normalized spacial score (nSPS) is 19.7. The second-order valence-corrected chi connectivity index (χ2v) is 8.89. The van der Waals surface area contributed by atoms with Crippen LogP contribution in [0.4, 0.5) is 0 Å². The van der Waals surface area contributed by atoms with Crippen LogP contribution in [-0.2, 0) is 14.8 Å². The zero-order valence-electron chi connectivity index (χ0n) is 15.0. The number of sulfonamides is 1. The summed E-state index contributed by atoms with van der Waals surface area (Å²) >= 11 is 0. The van der Waals surface area contributed by atoms with Gasteiger partial charge in [0.15, 0.2) is 0 Å². The van der Waals surface area contributed by atoms with Crippen molar-refractivity contribution in [3.63, 3.8) is 0 Å². The molecule has 1 heterocycles. The Balaban J connectivity index is 2.19. The Bertz CT molecular complexity index is 648. The van der Waals surface area contributed by atoms with Crippen LogP contribution >= 0.6 is 0 Å². The van der Waals surface area contributed by atoms with E-state index in [4.69, 9.17) is 0 Å². The van der Waals surface area contributed by atoms with E-state index in [1.807, 2.05) is 32.6 Å². The van der Waals surface area contributed by atoms with Crippen LogP contribution in [0, 0.1) is 5.92 Å². The maximum atomic E-state index is 12.9. The van der Waals surface area contributed by atoms with Gasteiger partial charge in [0.1, 0.15) is 0 Å². The van der Waals surface area contributed by atoms with Crippen molar-refractivity contribution >= 4 is 15.9 Å². The topological polar surface area (TPSA) is 57.7 Å². The molecule has 0 saturated carbocycles. The highest BCUT2D eigenvalue weighted by atomic mass is 32.2. The van der Waals surface area contributed by atoms with Crippen molar-refractivity contribution in [2.24, 2.45) is 5.92 Å². The molecule has 0 aliphatic carbocycles. The molecule has 0 aromatic heterocycles. The summed E-state index contributed by atoms with van der Waals surface area (Å²) in [5.41, 5.74) is 0. The highest BCUT2D eigenvalue weighted by Gasteiger charge is 2.36. The van der Waals surface area contributed by atoms with Crippen molar-refractivity contribution in [1.29, 1.82) is 0 Å². The van der Waals surface area contributed by atoms with Gasteiger partial charge >= 0.3 is 0 Å². The van der Waals surface area contributed by atoms with Gasteiger partial charge in [0.2, 0.25) is 15.9 Å². The lowest BCUT2D eigenvalue weighted by atomic mass is 9.97. The number of amides is 1. The van der Waals surface area contributed by atoms with E-state index < -0.39 is 10.0 Å². The summed E-state index contributed by atoms with van der Waals surface area (Å²) < 4.78 is 27.1. The molecule has 1 aliphatic rings. The van der Waals surface area contributed by atoms with Gasteiger partial charge in [-0.2, -0.15) is 4.31 Å². The van der Waals surface area contributed by atoms with E-state index in [0.29, 0.717) is 17.9 Å². The second kappa shape index (κ2) is 7.66. The van der Waals surface area contributed by atoms with E-state index in [9.17, 15) is 13.2 Å². The maximum absolute atomic E-state index is 12.9. The van der Waals surface area contributed by atoms with Crippen molar-refractivity contribution in [3.8, 4) is 0 Å². The van der Waals surface area contributed by atoms with Crippen LogP contribution in [0.3, 0.4) is 0 Å². The molecule has 24 heavy (non-hydrogen) atoms. The van der Waals surface area contributed by atoms with Crippen LogP contribution in [0.5, 0.6) is 0 Å². The van der Waals surface area contributed by atoms with E-state index in [0.717, 1.165) is 6.42 Å². The summed E-state index contributed by atoms with van der Waals surface area (Å²) in [4.78, 5) is 15.1. The Morgan fingerprint density at radius 1 is 1.12 bits per heavy atom. The van der Waals surface area contributed by atoms with Crippen LogP contribution in [0.2, 0.25) is 0 Å². The van der Waals surface area contributed by atoms with Gasteiger partial charge in [-0.1, -0.05) is 18.2 Å². The number of hydrogen-bond donors (Lipinski definition) is 0. The first-order valence-electron chi connectivity index (χ1n) is 8.62. The molecule has 0 spiro atoms. The lowest BCUT2D eigenvalue weighted by Crippen LogP contribution is -2.50. The molecule has 0 bridgehead atoms. The van der Waals surface area contributed by atoms with E-state index in [1.165, 1.54) is 4.31 Å². The fourth-order valence-electron chi connectivity index (χ4n) is 3.42. The highest BCUT2D eigenvalue weighted by molar-refractivity contribution is 7.89. The summed E-state index contributed by atoms with van der Waals surface area (Å²) in [5, 5.41) is 0. The lowest BCUT2D eigenvalue weighted by Gasteiger charge is -2.37. The molecule has 0 N–H and O–H groups in total. The zero-order chi connectivity index (χ0) is 17.9. The highest BCUT2D eigenvalue weighted by Crippen LogP contribution is 2.26. The van der Waals surface area contributed by atoms with E-state index >= 15 is 0 Å². The fraction of sp³-hybridized carbons (Fsp3) is 0.611. The first-order chi connectivity index (χ1) is 11.2. The number of nitrogens with zero attached hydrogens (tertiary/aromatic N) is 2. The van der Waals surface area contributed by atoms with Crippen LogP contribution in [-0.4, -0.2) is 48.7 Å². The van der Waals surface area contributed by atoms with Crippen molar-refractivity contribution in [2.75, 3.05) is 13.1 Å². The van der Waals surface area contributed by atoms with Gasteiger partial charge in [0.25, 0.3) is 0 Å². The molecule has 1 atom stereocenters. The summed E-state index contributed by atoms with van der Waals surface area (Å²) in [5.74, 6) is -0.199. The summed E-state index contributed by atoms with van der Waals surface area (Å²) in [6.07, 6.45) is 1.46.